The van der Waals surface area contributed by atoms with Crippen molar-refractivity contribution in [3.8, 4) is 0 Å². The van der Waals surface area contributed by atoms with Crippen LogP contribution in [0.1, 0.15) is 37.8 Å². The molecular formula is C13H16F3N3O2. The fraction of sp³-hybridized carbons (Fsp3) is 0.615. The molecule has 116 valence electrons. The molecule has 1 aromatic heterocycles. The minimum Gasteiger partial charge on any atom is -0.481 e. The van der Waals surface area contributed by atoms with Crippen molar-refractivity contribution in [3.63, 3.8) is 0 Å². The molecule has 2 rings (SSSR count). The quantitative estimate of drug-likeness (QED) is 0.926. The number of carbonyl (C=O) groups is 1. The Morgan fingerprint density at radius 2 is 2.10 bits per heavy atom. The molecule has 0 saturated carbocycles. The molecule has 1 fully saturated rings. The van der Waals surface area contributed by atoms with Crippen LogP contribution in [-0.2, 0) is 11.0 Å². The zero-order valence-electron chi connectivity index (χ0n) is 11.3. The standard InChI is InChI=1S/C13H16F3N3O2/c14-13(15,16)10-5-6-11(18-17-10)19-8-2-1-3-9(19)4-7-12(20)21/h5-6,9H,1-4,7-8H2,(H,20,21). The number of aliphatic carboxylic acids is 1. The number of halogens is 3. The monoisotopic (exact) mass is 303 g/mol. The number of rotatable bonds is 4. The highest BCUT2D eigenvalue weighted by molar-refractivity contribution is 5.66. The Morgan fingerprint density at radius 1 is 1.33 bits per heavy atom. The van der Waals surface area contributed by atoms with Gasteiger partial charge >= 0.3 is 12.1 Å². The molecule has 1 aromatic rings. The number of carboxylic acids is 1. The van der Waals surface area contributed by atoms with E-state index in [2.05, 4.69) is 10.2 Å². The molecule has 8 heteroatoms. The molecule has 0 aromatic carbocycles. The van der Waals surface area contributed by atoms with E-state index in [9.17, 15) is 18.0 Å². The summed E-state index contributed by atoms with van der Waals surface area (Å²) in [5, 5.41) is 15.6. The molecule has 0 radical (unpaired) electrons. The van der Waals surface area contributed by atoms with Crippen molar-refractivity contribution >= 4 is 11.8 Å². The molecule has 1 aliphatic heterocycles. The van der Waals surface area contributed by atoms with E-state index < -0.39 is 17.8 Å². The second-order valence-electron chi connectivity index (χ2n) is 5.05. The molecule has 1 saturated heterocycles. The van der Waals surface area contributed by atoms with Crippen molar-refractivity contribution in [2.75, 3.05) is 11.4 Å². The summed E-state index contributed by atoms with van der Waals surface area (Å²) in [5.74, 6) is -0.503. The number of piperidine rings is 1. The van der Waals surface area contributed by atoms with E-state index in [0.717, 1.165) is 25.3 Å². The van der Waals surface area contributed by atoms with Crippen LogP contribution in [0.4, 0.5) is 19.0 Å². The average molecular weight is 303 g/mol. The topological polar surface area (TPSA) is 66.3 Å². The maximum atomic E-state index is 12.5. The molecule has 1 aliphatic rings. The van der Waals surface area contributed by atoms with E-state index in [4.69, 9.17) is 5.11 Å². The molecule has 5 nitrogen and oxygen atoms in total. The molecule has 0 spiro atoms. The molecule has 1 atom stereocenters. The SMILES string of the molecule is O=C(O)CCC1CCCCN1c1ccc(C(F)(F)F)nn1. The zero-order chi connectivity index (χ0) is 15.5. The second kappa shape index (κ2) is 6.28. The largest absolute Gasteiger partial charge is 0.481 e. The average Bonchev–Trinajstić information content (AvgIpc) is 2.44. The first-order valence-corrected chi connectivity index (χ1v) is 6.77. The fourth-order valence-corrected chi connectivity index (χ4v) is 2.52. The lowest BCUT2D eigenvalue weighted by Gasteiger charge is -2.36. The summed E-state index contributed by atoms with van der Waals surface area (Å²) >= 11 is 0. The van der Waals surface area contributed by atoms with E-state index in [-0.39, 0.29) is 12.5 Å². The van der Waals surface area contributed by atoms with Gasteiger partial charge in [0, 0.05) is 19.0 Å². The van der Waals surface area contributed by atoms with E-state index in [0.29, 0.717) is 18.8 Å². The number of carboxylic acid groups (broad SMARTS) is 1. The predicted octanol–water partition coefficient (Wildman–Crippen LogP) is 2.72. The first kappa shape index (κ1) is 15.5. The molecule has 0 bridgehead atoms. The third-order valence-electron chi connectivity index (χ3n) is 3.55. The third kappa shape index (κ3) is 4.05. The van der Waals surface area contributed by atoms with Gasteiger partial charge in [-0.05, 0) is 37.8 Å². The number of hydrogen-bond donors (Lipinski definition) is 1. The Labute approximate surface area is 119 Å². The maximum absolute atomic E-state index is 12.5. The van der Waals surface area contributed by atoms with Crippen molar-refractivity contribution in [2.45, 2.75) is 44.3 Å². The van der Waals surface area contributed by atoms with Crippen LogP contribution in [0, 0.1) is 0 Å². The summed E-state index contributed by atoms with van der Waals surface area (Å²) in [6, 6.07) is 2.20. The lowest BCUT2D eigenvalue weighted by atomic mass is 9.98. The van der Waals surface area contributed by atoms with Crippen LogP contribution < -0.4 is 4.90 Å². The van der Waals surface area contributed by atoms with Crippen LogP contribution in [0.25, 0.3) is 0 Å². The maximum Gasteiger partial charge on any atom is 0.435 e. The van der Waals surface area contributed by atoms with Gasteiger partial charge in [0.1, 0.15) is 0 Å². The Hall–Kier alpha value is -1.86. The van der Waals surface area contributed by atoms with Crippen molar-refractivity contribution in [1.29, 1.82) is 0 Å². The number of anilines is 1. The van der Waals surface area contributed by atoms with Crippen molar-refractivity contribution < 1.29 is 23.1 Å². The fourth-order valence-electron chi connectivity index (χ4n) is 2.52. The Kier molecular flexibility index (Phi) is 4.64. The van der Waals surface area contributed by atoms with Crippen LogP contribution in [0.2, 0.25) is 0 Å². The van der Waals surface area contributed by atoms with Crippen molar-refractivity contribution in [1.82, 2.24) is 10.2 Å². The summed E-state index contributed by atoms with van der Waals surface area (Å²) in [6.07, 6.45) is -1.31. The van der Waals surface area contributed by atoms with Gasteiger partial charge in [0.2, 0.25) is 0 Å². The summed E-state index contributed by atoms with van der Waals surface area (Å²) in [6.45, 7) is 0.657. The van der Waals surface area contributed by atoms with Crippen LogP contribution in [-0.4, -0.2) is 33.9 Å². The van der Waals surface area contributed by atoms with Gasteiger partial charge in [-0.15, -0.1) is 10.2 Å². The Bertz CT molecular complexity index is 490. The summed E-state index contributed by atoms with van der Waals surface area (Å²) in [7, 11) is 0. The minimum atomic E-state index is -4.50. The summed E-state index contributed by atoms with van der Waals surface area (Å²) < 4.78 is 37.4. The van der Waals surface area contributed by atoms with Crippen LogP contribution >= 0.6 is 0 Å². The highest BCUT2D eigenvalue weighted by atomic mass is 19.4. The summed E-state index contributed by atoms with van der Waals surface area (Å²) in [5.41, 5.74) is -1.02. The van der Waals surface area contributed by atoms with Gasteiger partial charge < -0.3 is 10.0 Å². The highest BCUT2D eigenvalue weighted by Gasteiger charge is 2.33. The van der Waals surface area contributed by atoms with Gasteiger partial charge in [-0.1, -0.05) is 0 Å². The third-order valence-corrected chi connectivity index (χ3v) is 3.55. The lowest BCUT2D eigenvalue weighted by molar-refractivity contribution is -0.141. The van der Waals surface area contributed by atoms with E-state index in [1.54, 1.807) is 0 Å². The van der Waals surface area contributed by atoms with E-state index >= 15 is 0 Å². The van der Waals surface area contributed by atoms with Gasteiger partial charge in [0.05, 0.1) is 0 Å². The van der Waals surface area contributed by atoms with Crippen LogP contribution in [0.15, 0.2) is 12.1 Å². The number of hydrogen-bond acceptors (Lipinski definition) is 4. The van der Waals surface area contributed by atoms with Gasteiger partial charge in [-0.3, -0.25) is 4.79 Å². The molecule has 21 heavy (non-hydrogen) atoms. The molecule has 0 aliphatic carbocycles. The highest BCUT2D eigenvalue weighted by Crippen LogP contribution is 2.29. The second-order valence-corrected chi connectivity index (χ2v) is 5.05. The van der Waals surface area contributed by atoms with E-state index in [1.165, 1.54) is 6.07 Å². The first-order chi connectivity index (χ1) is 9.88. The van der Waals surface area contributed by atoms with Crippen molar-refractivity contribution in [3.05, 3.63) is 17.8 Å². The molecule has 0 amide bonds. The molecular weight excluding hydrogens is 287 g/mol. The Morgan fingerprint density at radius 3 is 2.67 bits per heavy atom. The van der Waals surface area contributed by atoms with Gasteiger partial charge in [0.25, 0.3) is 0 Å². The predicted molar refractivity (Wildman–Crippen MR) is 68.9 cm³/mol. The molecule has 1 unspecified atom stereocenters. The number of alkyl halides is 3. The normalized spacial score (nSPS) is 19.6. The van der Waals surface area contributed by atoms with E-state index in [1.807, 2.05) is 4.90 Å². The minimum absolute atomic E-state index is 0.0131. The zero-order valence-corrected chi connectivity index (χ0v) is 11.3. The number of nitrogens with zero attached hydrogens (tertiary/aromatic N) is 3. The van der Waals surface area contributed by atoms with Gasteiger partial charge in [0.15, 0.2) is 11.5 Å². The van der Waals surface area contributed by atoms with Crippen molar-refractivity contribution in [2.24, 2.45) is 0 Å². The Balaban J connectivity index is 2.11. The molecule has 1 N–H and O–H groups in total. The summed E-state index contributed by atoms with van der Waals surface area (Å²) in [4.78, 5) is 12.5. The lowest BCUT2D eigenvalue weighted by Crippen LogP contribution is -2.40. The number of aromatic nitrogens is 2. The van der Waals surface area contributed by atoms with Gasteiger partial charge in [-0.25, -0.2) is 0 Å². The van der Waals surface area contributed by atoms with Crippen LogP contribution in [0.3, 0.4) is 0 Å². The van der Waals surface area contributed by atoms with Crippen LogP contribution in [0.5, 0.6) is 0 Å². The van der Waals surface area contributed by atoms with Gasteiger partial charge in [-0.2, -0.15) is 13.2 Å². The smallest absolute Gasteiger partial charge is 0.435 e. The molecule has 2 heterocycles. The first-order valence-electron chi connectivity index (χ1n) is 6.77.